The van der Waals surface area contributed by atoms with Gasteiger partial charge in [0.15, 0.2) is 7.85 Å². The predicted octanol–water partition coefficient (Wildman–Crippen LogP) is 1.17. The van der Waals surface area contributed by atoms with Crippen molar-refractivity contribution in [3.05, 3.63) is 24.3 Å². The third-order valence-corrected chi connectivity index (χ3v) is 2.86. The van der Waals surface area contributed by atoms with Crippen LogP contribution in [0.2, 0.25) is 0 Å². The molecule has 1 nitrogen and oxygen atoms in total. The van der Waals surface area contributed by atoms with E-state index in [1.165, 1.54) is 14.9 Å². The zero-order valence-corrected chi connectivity index (χ0v) is 7.94. The minimum Gasteiger partial charge on any atom is -0.497 e. The first-order valence-electron chi connectivity index (χ1n) is 3.84. The van der Waals surface area contributed by atoms with Crippen LogP contribution in [0.15, 0.2) is 24.3 Å². The third-order valence-electron chi connectivity index (χ3n) is 1.85. The van der Waals surface area contributed by atoms with Gasteiger partial charge < -0.3 is 4.74 Å². The molecule has 0 bridgehead atoms. The van der Waals surface area contributed by atoms with Crippen LogP contribution in [0.3, 0.4) is 0 Å². The Morgan fingerprint density at radius 1 is 1.33 bits per heavy atom. The summed E-state index contributed by atoms with van der Waals surface area (Å²) in [5.41, 5.74) is 0. The van der Waals surface area contributed by atoms with Crippen molar-refractivity contribution in [1.82, 2.24) is 0 Å². The number of ether oxygens (including phenoxy) is 1. The standard InChI is InChI=1S/C9H9BOS/c1-11-7-3-2-6-4-9(10)12-8(6)5-7/h2-5H,10H2,1H3. The van der Waals surface area contributed by atoms with E-state index >= 15 is 0 Å². The molecule has 3 heteroatoms. The number of benzene rings is 1. The van der Waals surface area contributed by atoms with Crippen molar-refractivity contribution >= 4 is 34.0 Å². The summed E-state index contributed by atoms with van der Waals surface area (Å²) in [6.45, 7) is 0. The van der Waals surface area contributed by atoms with Gasteiger partial charge in [-0.3, -0.25) is 0 Å². The third kappa shape index (κ3) is 1.20. The molecule has 0 aliphatic carbocycles. The van der Waals surface area contributed by atoms with Crippen molar-refractivity contribution in [3.8, 4) is 5.75 Å². The summed E-state index contributed by atoms with van der Waals surface area (Å²) in [7, 11) is 3.82. The first kappa shape index (κ1) is 7.68. The summed E-state index contributed by atoms with van der Waals surface area (Å²) in [5, 5.41) is 1.30. The van der Waals surface area contributed by atoms with Crippen molar-refractivity contribution in [2.75, 3.05) is 7.11 Å². The first-order chi connectivity index (χ1) is 5.79. The summed E-state index contributed by atoms with van der Waals surface area (Å²) >= 11 is 1.80. The molecule has 0 atom stereocenters. The van der Waals surface area contributed by atoms with Crippen LogP contribution in [0.4, 0.5) is 0 Å². The van der Waals surface area contributed by atoms with Gasteiger partial charge in [-0.15, -0.1) is 0 Å². The monoisotopic (exact) mass is 176 g/mol. The van der Waals surface area contributed by atoms with E-state index in [-0.39, 0.29) is 0 Å². The quantitative estimate of drug-likeness (QED) is 0.592. The average Bonchev–Trinajstić information content (AvgIpc) is 2.43. The summed E-state index contributed by atoms with van der Waals surface area (Å²) < 4.78 is 7.78. The van der Waals surface area contributed by atoms with Crippen LogP contribution in [0.5, 0.6) is 5.75 Å². The van der Waals surface area contributed by atoms with E-state index in [1.54, 1.807) is 18.4 Å². The molecule has 2 rings (SSSR count). The summed E-state index contributed by atoms with van der Waals surface area (Å²) in [6, 6.07) is 8.36. The number of methoxy groups -OCH3 is 1. The Kier molecular flexibility index (Phi) is 1.81. The van der Waals surface area contributed by atoms with Gasteiger partial charge in [-0.05, 0) is 28.4 Å². The van der Waals surface area contributed by atoms with Crippen LogP contribution >= 0.6 is 11.3 Å². The molecule has 1 heterocycles. The molecule has 1 aromatic carbocycles. The number of hydrogen-bond acceptors (Lipinski definition) is 2. The number of rotatable bonds is 1. The number of thiophene rings is 1. The minimum atomic E-state index is 0.935. The zero-order valence-electron chi connectivity index (χ0n) is 7.13. The molecule has 0 N–H and O–H groups in total. The predicted molar refractivity (Wildman–Crippen MR) is 56.6 cm³/mol. The van der Waals surface area contributed by atoms with Crippen molar-refractivity contribution in [2.45, 2.75) is 0 Å². The SMILES string of the molecule is Bc1cc2ccc(OC)cc2s1. The van der Waals surface area contributed by atoms with Crippen LogP contribution in [0, 0.1) is 0 Å². The van der Waals surface area contributed by atoms with Crippen LogP contribution in [0.1, 0.15) is 0 Å². The van der Waals surface area contributed by atoms with E-state index in [9.17, 15) is 0 Å². The molecule has 0 aliphatic heterocycles. The fourth-order valence-electron chi connectivity index (χ4n) is 1.27. The maximum Gasteiger partial charge on any atom is 0.152 e. The van der Waals surface area contributed by atoms with E-state index in [0.717, 1.165) is 5.75 Å². The molecule has 60 valence electrons. The Labute approximate surface area is 76.4 Å². The molecule has 0 spiro atoms. The molecule has 0 fully saturated rings. The fraction of sp³-hybridized carbons (Fsp3) is 0.111. The Bertz CT molecular complexity index is 408. The molecule has 0 unspecified atom stereocenters. The van der Waals surface area contributed by atoms with Gasteiger partial charge in [0.2, 0.25) is 0 Å². The second kappa shape index (κ2) is 2.83. The molecular formula is C9H9BOS. The summed E-state index contributed by atoms with van der Waals surface area (Å²) in [6.07, 6.45) is 0. The normalized spacial score (nSPS) is 10.4. The molecule has 12 heavy (non-hydrogen) atoms. The lowest BCUT2D eigenvalue weighted by Crippen LogP contribution is -1.88. The molecule has 0 radical (unpaired) electrons. The lowest BCUT2D eigenvalue weighted by Gasteiger charge is -1.97. The van der Waals surface area contributed by atoms with Gasteiger partial charge >= 0.3 is 0 Å². The largest absolute Gasteiger partial charge is 0.497 e. The second-order valence-corrected chi connectivity index (χ2v) is 4.05. The highest BCUT2D eigenvalue weighted by molar-refractivity contribution is 7.26. The van der Waals surface area contributed by atoms with E-state index in [0.29, 0.717) is 0 Å². The minimum absolute atomic E-state index is 0.935. The van der Waals surface area contributed by atoms with E-state index < -0.39 is 0 Å². The van der Waals surface area contributed by atoms with Crippen molar-refractivity contribution in [1.29, 1.82) is 0 Å². The second-order valence-electron chi connectivity index (χ2n) is 2.76. The molecule has 0 amide bonds. The van der Waals surface area contributed by atoms with Gasteiger partial charge in [0.05, 0.1) is 7.11 Å². The van der Waals surface area contributed by atoms with Gasteiger partial charge in [-0.2, -0.15) is 11.3 Å². The Balaban J connectivity index is 2.66. The van der Waals surface area contributed by atoms with Crippen molar-refractivity contribution < 1.29 is 4.74 Å². The highest BCUT2D eigenvalue weighted by Gasteiger charge is 1.98. The van der Waals surface area contributed by atoms with E-state index in [2.05, 4.69) is 26.0 Å². The fourth-order valence-corrected chi connectivity index (χ4v) is 2.22. The Morgan fingerprint density at radius 2 is 2.17 bits per heavy atom. The molecule has 0 aliphatic rings. The highest BCUT2D eigenvalue weighted by Crippen LogP contribution is 2.23. The molecular weight excluding hydrogens is 167 g/mol. The van der Waals surface area contributed by atoms with Gasteiger partial charge in [-0.25, -0.2) is 0 Å². The van der Waals surface area contributed by atoms with Crippen LogP contribution in [-0.2, 0) is 0 Å². The molecule has 2 aromatic rings. The van der Waals surface area contributed by atoms with Crippen LogP contribution < -0.4 is 9.51 Å². The lowest BCUT2D eigenvalue weighted by molar-refractivity contribution is 0.415. The molecule has 1 aromatic heterocycles. The lowest BCUT2D eigenvalue weighted by atomic mass is 10.1. The number of fused-ring (bicyclic) bond motifs is 1. The summed E-state index contributed by atoms with van der Waals surface area (Å²) in [4.78, 5) is 0. The van der Waals surface area contributed by atoms with Crippen LogP contribution in [-0.4, -0.2) is 15.0 Å². The zero-order chi connectivity index (χ0) is 8.55. The topological polar surface area (TPSA) is 9.23 Å². The summed E-state index contributed by atoms with van der Waals surface area (Å²) in [5.74, 6) is 0.935. The number of hydrogen-bond donors (Lipinski definition) is 0. The Hall–Kier alpha value is -0.955. The average molecular weight is 176 g/mol. The maximum absolute atomic E-state index is 5.14. The molecule has 0 saturated carbocycles. The first-order valence-corrected chi connectivity index (χ1v) is 4.65. The van der Waals surface area contributed by atoms with Gasteiger partial charge in [0, 0.05) is 4.70 Å². The smallest absolute Gasteiger partial charge is 0.152 e. The van der Waals surface area contributed by atoms with Gasteiger partial charge in [0.25, 0.3) is 0 Å². The van der Waals surface area contributed by atoms with Crippen LogP contribution in [0.25, 0.3) is 10.1 Å². The van der Waals surface area contributed by atoms with Gasteiger partial charge in [0.1, 0.15) is 5.75 Å². The van der Waals surface area contributed by atoms with E-state index in [4.69, 9.17) is 4.74 Å². The van der Waals surface area contributed by atoms with Crippen molar-refractivity contribution in [2.24, 2.45) is 0 Å². The molecule has 0 saturated heterocycles. The van der Waals surface area contributed by atoms with E-state index in [1.807, 2.05) is 6.07 Å². The van der Waals surface area contributed by atoms with Crippen molar-refractivity contribution in [3.63, 3.8) is 0 Å². The maximum atomic E-state index is 5.14. The van der Waals surface area contributed by atoms with Gasteiger partial charge in [-0.1, -0.05) is 6.07 Å². The highest BCUT2D eigenvalue weighted by atomic mass is 32.1. The Morgan fingerprint density at radius 3 is 2.92 bits per heavy atom.